The van der Waals surface area contributed by atoms with Crippen molar-refractivity contribution in [3.8, 4) is 6.07 Å². The van der Waals surface area contributed by atoms with Crippen LogP contribution in [0.2, 0.25) is 0 Å². The maximum absolute atomic E-state index is 9.19. The van der Waals surface area contributed by atoms with E-state index in [9.17, 15) is 5.26 Å². The summed E-state index contributed by atoms with van der Waals surface area (Å²) in [6.07, 6.45) is 3.17. The SMILES string of the molecule is C[C@H](N)c1ccc(C2(C#N)CCC2)cc1. The Morgan fingerprint density at radius 3 is 2.27 bits per heavy atom. The van der Waals surface area contributed by atoms with Gasteiger partial charge in [0, 0.05) is 6.04 Å². The van der Waals surface area contributed by atoms with Gasteiger partial charge < -0.3 is 5.73 Å². The van der Waals surface area contributed by atoms with Crippen molar-refractivity contribution in [3.05, 3.63) is 35.4 Å². The van der Waals surface area contributed by atoms with Gasteiger partial charge in [0.15, 0.2) is 0 Å². The van der Waals surface area contributed by atoms with Crippen LogP contribution in [0.5, 0.6) is 0 Å². The van der Waals surface area contributed by atoms with E-state index in [2.05, 4.69) is 18.2 Å². The van der Waals surface area contributed by atoms with Crippen LogP contribution in [0.1, 0.15) is 43.4 Å². The van der Waals surface area contributed by atoms with Gasteiger partial charge in [-0.15, -0.1) is 0 Å². The molecule has 0 unspecified atom stereocenters. The topological polar surface area (TPSA) is 49.8 Å². The van der Waals surface area contributed by atoms with Crippen molar-refractivity contribution in [2.75, 3.05) is 0 Å². The first-order valence-electron chi connectivity index (χ1n) is 5.45. The zero-order valence-corrected chi connectivity index (χ0v) is 9.03. The van der Waals surface area contributed by atoms with E-state index in [0.717, 1.165) is 24.0 Å². The molecule has 0 aliphatic heterocycles. The van der Waals surface area contributed by atoms with Crippen molar-refractivity contribution >= 4 is 0 Å². The van der Waals surface area contributed by atoms with Crippen LogP contribution >= 0.6 is 0 Å². The third-order valence-electron chi connectivity index (χ3n) is 3.41. The molecule has 0 heterocycles. The van der Waals surface area contributed by atoms with E-state index in [4.69, 9.17) is 5.73 Å². The summed E-state index contributed by atoms with van der Waals surface area (Å²) in [6.45, 7) is 1.97. The second kappa shape index (κ2) is 3.67. The van der Waals surface area contributed by atoms with Crippen LogP contribution in [0.25, 0.3) is 0 Å². The molecule has 0 spiro atoms. The highest BCUT2D eigenvalue weighted by molar-refractivity contribution is 5.37. The molecule has 0 amide bonds. The van der Waals surface area contributed by atoms with Gasteiger partial charge in [0.1, 0.15) is 0 Å². The van der Waals surface area contributed by atoms with Crippen LogP contribution in [-0.2, 0) is 5.41 Å². The van der Waals surface area contributed by atoms with E-state index in [1.165, 1.54) is 6.42 Å². The monoisotopic (exact) mass is 200 g/mol. The molecule has 0 saturated heterocycles. The number of benzene rings is 1. The van der Waals surface area contributed by atoms with Gasteiger partial charge in [0.2, 0.25) is 0 Å². The van der Waals surface area contributed by atoms with Crippen molar-refractivity contribution in [2.45, 2.75) is 37.6 Å². The zero-order chi connectivity index (χ0) is 10.9. The standard InChI is InChI=1S/C13H16N2/c1-10(15)11-3-5-12(6-4-11)13(9-14)7-2-8-13/h3-6,10H,2,7-8,15H2,1H3/t10-/m0/s1. The molecule has 1 fully saturated rings. The number of hydrogen-bond donors (Lipinski definition) is 1. The summed E-state index contributed by atoms with van der Waals surface area (Å²) in [4.78, 5) is 0. The Morgan fingerprint density at radius 2 is 1.93 bits per heavy atom. The predicted octanol–water partition coefficient (Wildman–Crippen LogP) is 2.65. The molecule has 1 aliphatic rings. The highest BCUT2D eigenvalue weighted by Crippen LogP contribution is 2.43. The molecular formula is C13H16N2. The highest BCUT2D eigenvalue weighted by atomic mass is 14.6. The van der Waals surface area contributed by atoms with Gasteiger partial charge in [-0.2, -0.15) is 5.26 Å². The van der Waals surface area contributed by atoms with Crippen LogP contribution in [-0.4, -0.2) is 0 Å². The summed E-state index contributed by atoms with van der Waals surface area (Å²) in [5.74, 6) is 0. The Labute approximate surface area is 90.7 Å². The fourth-order valence-corrected chi connectivity index (χ4v) is 2.10. The minimum absolute atomic E-state index is 0.0680. The average Bonchev–Trinajstić information content (AvgIpc) is 2.18. The molecular weight excluding hydrogens is 184 g/mol. The molecule has 15 heavy (non-hydrogen) atoms. The van der Waals surface area contributed by atoms with Crippen LogP contribution in [0.3, 0.4) is 0 Å². The molecule has 1 atom stereocenters. The Hall–Kier alpha value is -1.33. The summed E-state index contributed by atoms with van der Waals surface area (Å²) in [6, 6.07) is 10.7. The van der Waals surface area contributed by atoms with E-state index in [-0.39, 0.29) is 11.5 Å². The Bertz CT molecular complexity index is 380. The van der Waals surface area contributed by atoms with Gasteiger partial charge >= 0.3 is 0 Å². The normalized spacial score (nSPS) is 20.1. The number of nitrogens with two attached hydrogens (primary N) is 1. The molecule has 0 aromatic heterocycles. The van der Waals surface area contributed by atoms with Crippen molar-refractivity contribution in [1.29, 1.82) is 5.26 Å². The van der Waals surface area contributed by atoms with E-state index in [1.807, 2.05) is 19.1 Å². The quantitative estimate of drug-likeness (QED) is 0.797. The van der Waals surface area contributed by atoms with E-state index in [1.54, 1.807) is 0 Å². The fraction of sp³-hybridized carbons (Fsp3) is 0.462. The molecule has 1 aromatic carbocycles. The van der Waals surface area contributed by atoms with Gasteiger partial charge in [0.05, 0.1) is 11.5 Å². The maximum Gasteiger partial charge on any atom is 0.0822 e. The Kier molecular flexibility index (Phi) is 2.50. The minimum Gasteiger partial charge on any atom is -0.324 e. The van der Waals surface area contributed by atoms with Crippen LogP contribution in [0, 0.1) is 11.3 Å². The lowest BCUT2D eigenvalue weighted by Crippen LogP contribution is -2.32. The zero-order valence-electron chi connectivity index (χ0n) is 9.03. The van der Waals surface area contributed by atoms with Crippen LogP contribution < -0.4 is 5.73 Å². The molecule has 78 valence electrons. The third kappa shape index (κ3) is 1.64. The smallest absolute Gasteiger partial charge is 0.0822 e. The van der Waals surface area contributed by atoms with Gasteiger partial charge in [0.25, 0.3) is 0 Å². The molecule has 1 aliphatic carbocycles. The molecule has 0 radical (unpaired) electrons. The molecule has 2 nitrogen and oxygen atoms in total. The Balaban J connectivity index is 2.28. The molecule has 0 bridgehead atoms. The van der Waals surface area contributed by atoms with E-state index < -0.39 is 0 Å². The van der Waals surface area contributed by atoms with Crippen molar-refractivity contribution in [2.24, 2.45) is 5.73 Å². The van der Waals surface area contributed by atoms with E-state index >= 15 is 0 Å². The van der Waals surface area contributed by atoms with Gasteiger partial charge in [-0.3, -0.25) is 0 Å². The summed E-state index contributed by atoms with van der Waals surface area (Å²) >= 11 is 0. The highest BCUT2D eigenvalue weighted by Gasteiger charge is 2.38. The van der Waals surface area contributed by atoms with Crippen molar-refractivity contribution in [1.82, 2.24) is 0 Å². The third-order valence-corrected chi connectivity index (χ3v) is 3.41. The average molecular weight is 200 g/mol. The second-order valence-electron chi connectivity index (χ2n) is 4.46. The molecule has 2 N–H and O–H groups in total. The molecule has 2 rings (SSSR count). The summed E-state index contributed by atoms with van der Waals surface area (Å²) in [5.41, 5.74) is 7.87. The lowest BCUT2D eigenvalue weighted by molar-refractivity contribution is 0.324. The molecule has 1 aromatic rings. The number of nitrogens with zero attached hydrogens (tertiary/aromatic N) is 1. The van der Waals surface area contributed by atoms with Gasteiger partial charge in [-0.05, 0) is 37.3 Å². The predicted molar refractivity (Wildman–Crippen MR) is 60.2 cm³/mol. The summed E-state index contributed by atoms with van der Waals surface area (Å²) < 4.78 is 0. The lowest BCUT2D eigenvalue weighted by Gasteiger charge is -2.35. The largest absolute Gasteiger partial charge is 0.324 e. The summed E-state index contributed by atoms with van der Waals surface area (Å²) in [5, 5.41) is 9.19. The van der Waals surface area contributed by atoms with Crippen LogP contribution in [0.4, 0.5) is 0 Å². The number of rotatable bonds is 2. The van der Waals surface area contributed by atoms with Crippen molar-refractivity contribution in [3.63, 3.8) is 0 Å². The lowest BCUT2D eigenvalue weighted by atomic mass is 9.65. The Morgan fingerprint density at radius 1 is 1.33 bits per heavy atom. The van der Waals surface area contributed by atoms with Crippen LogP contribution in [0.15, 0.2) is 24.3 Å². The number of nitriles is 1. The van der Waals surface area contributed by atoms with Crippen molar-refractivity contribution < 1.29 is 0 Å². The minimum atomic E-state index is -0.198. The fourth-order valence-electron chi connectivity index (χ4n) is 2.10. The number of hydrogen-bond acceptors (Lipinski definition) is 2. The first kappa shape index (κ1) is 10.2. The summed E-state index contributed by atoms with van der Waals surface area (Å²) in [7, 11) is 0. The molecule has 2 heteroatoms. The van der Waals surface area contributed by atoms with Gasteiger partial charge in [-0.1, -0.05) is 24.3 Å². The van der Waals surface area contributed by atoms with Gasteiger partial charge in [-0.25, -0.2) is 0 Å². The first-order valence-corrected chi connectivity index (χ1v) is 5.45. The first-order chi connectivity index (χ1) is 7.18. The maximum atomic E-state index is 9.19. The second-order valence-corrected chi connectivity index (χ2v) is 4.46. The van der Waals surface area contributed by atoms with E-state index in [0.29, 0.717) is 0 Å². The molecule has 1 saturated carbocycles.